The van der Waals surface area contributed by atoms with E-state index in [0.717, 1.165) is 0 Å². The number of amides is 1. The highest BCUT2D eigenvalue weighted by atomic mass is 16.5. The van der Waals surface area contributed by atoms with Crippen molar-refractivity contribution in [1.82, 2.24) is 4.90 Å². The van der Waals surface area contributed by atoms with Crippen LogP contribution in [0.4, 0.5) is 0 Å². The number of carboxylic acids is 1. The summed E-state index contributed by atoms with van der Waals surface area (Å²) < 4.78 is 5.25. The number of rotatable bonds is 2. The van der Waals surface area contributed by atoms with Crippen molar-refractivity contribution in [2.24, 2.45) is 5.73 Å². The summed E-state index contributed by atoms with van der Waals surface area (Å²) in [5.74, 6) is -1.00. The molecule has 76 valence electrons. The van der Waals surface area contributed by atoms with Gasteiger partial charge >= 0.3 is 5.97 Å². The fourth-order valence-corrected chi connectivity index (χ4v) is 1.69. The summed E-state index contributed by atoms with van der Waals surface area (Å²) in [6.45, 7) is 0.202. The van der Waals surface area contributed by atoms with Gasteiger partial charge in [0.05, 0.1) is 6.42 Å². The van der Waals surface area contributed by atoms with Crippen LogP contribution in [0.3, 0.4) is 0 Å². The second-order valence-corrected chi connectivity index (χ2v) is 3.16. The number of aliphatic carboxylic acids is 1. The van der Waals surface area contributed by atoms with Gasteiger partial charge in [0.2, 0.25) is 5.91 Å². The number of ether oxygens (including phenoxy) is 1. The topological polar surface area (TPSA) is 92.9 Å². The van der Waals surface area contributed by atoms with Crippen LogP contribution in [-0.2, 0) is 14.3 Å². The molecule has 14 heavy (non-hydrogen) atoms. The van der Waals surface area contributed by atoms with Gasteiger partial charge in [0, 0.05) is 6.54 Å². The van der Waals surface area contributed by atoms with Crippen LogP contribution in [0.2, 0.25) is 0 Å². The Hall–Kier alpha value is -1.56. The first kappa shape index (κ1) is 9.01. The highest BCUT2D eigenvalue weighted by molar-refractivity contribution is 5.91. The van der Waals surface area contributed by atoms with Gasteiger partial charge in [-0.2, -0.15) is 0 Å². The normalized spacial score (nSPS) is 32.5. The number of hydrogen-bond donors (Lipinski definition) is 2. The van der Waals surface area contributed by atoms with Crippen LogP contribution < -0.4 is 5.73 Å². The predicted octanol–water partition coefficient (Wildman–Crippen LogP) is -1.13. The van der Waals surface area contributed by atoms with Crippen LogP contribution >= 0.6 is 0 Å². The monoisotopic (exact) mass is 198 g/mol. The molecule has 2 aliphatic heterocycles. The van der Waals surface area contributed by atoms with E-state index in [4.69, 9.17) is 15.6 Å². The number of fused-ring (bicyclic) bond motifs is 1. The number of carbonyl (C=O) groups is 2. The molecule has 2 saturated heterocycles. The molecule has 2 atom stereocenters. The zero-order valence-electron chi connectivity index (χ0n) is 7.34. The van der Waals surface area contributed by atoms with E-state index < -0.39 is 18.2 Å². The molecule has 0 aromatic rings. The van der Waals surface area contributed by atoms with E-state index in [9.17, 15) is 9.59 Å². The minimum atomic E-state index is -1.08. The Labute approximate surface area is 79.9 Å². The molecule has 2 fully saturated rings. The van der Waals surface area contributed by atoms with Gasteiger partial charge in [-0.3, -0.25) is 9.69 Å². The van der Waals surface area contributed by atoms with Crippen molar-refractivity contribution in [1.29, 1.82) is 0 Å². The molecule has 0 aromatic carbocycles. The quantitative estimate of drug-likeness (QED) is 0.548. The second kappa shape index (κ2) is 2.98. The number of hydrogen-bond acceptors (Lipinski definition) is 4. The van der Waals surface area contributed by atoms with Crippen molar-refractivity contribution in [2.45, 2.75) is 18.7 Å². The molecular weight excluding hydrogens is 188 g/mol. The SMILES string of the molecule is NC/C=C1\OC2CC(=O)N2C1C(=O)O. The maximum Gasteiger partial charge on any atom is 0.334 e. The van der Waals surface area contributed by atoms with E-state index in [0.29, 0.717) is 0 Å². The molecule has 2 heterocycles. The average molecular weight is 198 g/mol. The van der Waals surface area contributed by atoms with E-state index in [1.807, 2.05) is 0 Å². The molecular formula is C8H10N2O4. The largest absolute Gasteiger partial charge is 0.479 e. The van der Waals surface area contributed by atoms with Crippen molar-refractivity contribution < 1.29 is 19.4 Å². The van der Waals surface area contributed by atoms with Crippen molar-refractivity contribution >= 4 is 11.9 Å². The Morgan fingerprint density at radius 1 is 1.79 bits per heavy atom. The maximum atomic E-state index is 11.1. The van der Waals surface area contributed by atoms with E-state index in [-0.39, 0.29) is 24.6 Å². The minimum Gasteiger partial charge on any atom is -0.479 e. The van der Waals surface area contributed by atoms with Crippen LogP contribution in [0, 0.1) is 0 Å². The van der Waals surface area contributed by atoms with E-state index in [1.165, 1.54) is 11.0 Å². The second-order valence-electron chi connectivity index (χ2n) is 3.16. The summed E-state index contributed by atoms with van der Waals surface area (Å²) in [5, 5.41) is 8.89. The Morgan fingerprint density at radius 3 is 3.00 bits per heavy atom. The molecule has 1 amide bonds. The van der Waals surface area contributed by atoms with Gasteiger partial charge in [-0.25, -0.2) is 4.79 Å². The first-order valence-electron chi connectivity index (χ1n) is 4.26. The van der Waals surface area contributed by atoms with E-state index in [1.54, 1.807) is 0 Å². The molecule has 0 bridgehead atoms. The molecule has 0 spiro atoms. The third-order valence-corrected chi connectivity index (χ3v) is 2.32. The number of β-lactam (4-membered cyclic amide) rings is 1. The average Bonchev–Trinajstić information content (AvgIpc) is 2.39. The summed E-state index contributed by atoms with van der Waals surface area (Å²) >= 11 is 0. The molecule has 0 aliphatic carbocycles. The third kappa shape index (κ3) is 1.07. The lowest BCUT2D eigenvalue weighted by molar-refractivity contribution is -0.163. The number of carboxylic acid groups (broad SMARTS) is 1. The lowest BCUT2D eigenvalue weighted by Gasteiger charge is -2.33. The Morgan fingerprint density at radius 2 is 2.50 bits per heavy atom. The fourth-order valence-electron chi connectivity index (χ4n) is 1.69. The molecule has 2 unspecified atom stereocenters. The summed E-state index contributed by atoms with van der Waals surface area (Å²) in [6.07, 6.45) is 1.34. The standard InChI is InChI=1S/C8H10N2O4/c9-2-1-4-7(8(12)13)10-5(11)3-6(10)14-4/h1,6-7H,2-3,9H2,(H,12,13)/b4-1-. The van der Waals surface area contributed by atoms with Crippen LogP contribution in [0.5, 0.6) is 0 Å². The van der Waals surface area contributed by atoms with Crippen LogP contribution in [0.25, 0.3) is 0 Å². The first-order valence-corrected chi connectivity index (χ1v) is 4.26. The molecule has 0 saturated carbocycles. The zero-order chi connectivity index (χ0) is 10.3. The van der Waals surface area contributed by atoms with Crippen LogP contribution in [-0.4, -0.2) is 40.7 Å². The van der Waals surface area contributed by atoms with Gasteiger partial charge in [-0.1, -0.05) is 0 Å². The van der Waals surface area contributed by atoms with Gasteiger partial charge < -0.3 is 15.6 Å². The number of nitrogens with two attached hydrogens (primary N) is 1. The highest BCUT2D eigenvalue weighted by Crippen LogP contribution is 2.36. The molecule has 6 heteroatoms. The molecule has 0 radical (unpaired) electrons. The molecule has 6 nitrogen and oxygen atoms in total. The van der Waals surface area contributed by atoms with Gasteiger partial charge in [-0.15, -0.1) is 0 Å². The van der Waals surface area contributed by atoms with Gasteiger partial charge in [0.1, 0.15) is 5.76 Å². The number of carbonyl (C=O) groups excluding carboxylic acids is 1. The molecule has 0 aromatic heterocycles. The minimum absolute atomic E-state index is 0.192. The van der Waals surface area contributed by atoms with Gasteiger partial charge in [0.25, 0.3) is 0 Å². The zero-order valence-corrected chi connectivity index (χ0v) is 7.34. The molecule has 2 rings (SSSR count). The third-order valence-electron chi connectivity index (χ3n) is 2.32. The Kier molecular flexibility index (Phi) is 1.92. The highest BCUT2D eigenvalue weighted by Gasteiger charge is 2.53. The van der Waals surface area contributed by atoms with Crippen molar-refractivity contribution in [3.63, 3.8) is 0 Å². The van der Waals surface area contributed by atoms with Gasteiger partial charge in [-0.05, 0) is 6.08 Å². The maximum absolute atomic E-state index is 11.1. The summed E-state index contributed by atoms with van der Waals surface area (Å²) in [4.78, 5) is 23.2. The van der Waals surface area contributed by atoms with Crippen molar-refractivity contribution in [3.8, 4) is 0 Å². The Bertz CT molecular complexity index is 325. The lowest BCUT2D eigenvalue weighted by Crippen LogP contribution is -2.54. The molecule has 2 aliphatic rings. The fraction of sp³-hybridized carbons (Fsp3) is 0.500. The summed E-state index contributed by atoms with van der Waals surface area (Å²) in [6, 6.07) is -0.982. The smallest absolute Gasteiger partial charge is 0.334 e. The van der Waals surface area contributed by atoms with Gasteiger partial charge in [0.15, 0.2) is 12.3 Å². The van der Waals surface area contributed by atoms with E-state index >= 15 is 0 Å². The number of nitrogens with zero attached hydrogens (tertiary/aromatic N) is 1. The van der Waals surface area contributed by atoms with Crippen molar-refractivity contribution in [3.05, 3.63) is 11.8 Å². The predicted molar refractivity (Wildman–Crippen MR) is 44.9 cm³/mol. The first-order chi connectivity index (χ1) is 6.65. The lowest BCUT2D eigenvalue weighted by atomic mass is 10.1. The van der Waals surface area contributed by atoms with E-state index in [2.05, 4.69) is 0 Å². The summed E-state index contributed by atoms with van der Waals surface area (Å²) in [7, 11) is 0. The summed E-state index contributed by atoms with van der Waals surface area (Å²) in [5.41, 5.74) is 5.26. The molecule has 3 N–H and O–H groups in total. The van der Waals surface area contributed by atoms with Crippen LogP contribution in [0.15, 0.2) is 11.8 Å². The Balaban J connectivity index is 2.26. The van der Waals surface area contributed by atoms with Crippen LogP contribution in [0.1, 0.15) is 6.42 Å². The van der Waals surface area contributed by atoms with Crippen molar-refractivity contribution in [2.75, 3.05) is 6.54 Å².